The van der Waals surface area contributed by atoms with Crippen molar-refractivity contribution in [1.29, 1.82) is 0 Å². The van der Waals surface area contributed by atoms with Crippen LogP contribution in [0.1, 0.15) is 41.9 Å². The fraction of sp³-hybridized carbons (Fsp3) is 0.400. The maximum absolute atomic E-state index is 13.0. The van der Waals surface area contributed by atoms with Crippen LogP contribution >= 0.6 is 11.3 Å². The van der Waals surface area contributed by atoms with E-state index in [0.29, 0.717) is 16.5 Å². The van der Waals surface area contributed by atoms with Crippen molar-refractivity contribution < 1.29 is 4.79 Å². The Morgan fingerprint density at radius 2 is 2.24 bits per heavy atom. The summed E-state index contributed by atoms with van der Waals surface area (Å²) in [6, 6.07) is 8.40. The Labute approximate surface area is 151 Å². The van der Waals surface area contributed by atoms with E-state index in [1.54, 1.807) is 0 Å². The van der Waals surface area contributed by atoms with Gasteiger partial charge in [-0.1, -0.05) is 19.9 Å². The molecule has 0 bridgehead atoms. The van der Waals surface area contributed by atoms with Crippen LogP contribution < -0.4 is 5.73 Å². The zero-order valence-electron chi connectivity index (χ0n) is 14.7. The van der Waals surface area contributed by atoms with Gasteiger partial charge in [0.1, 0.15) is 9.71 Å². The van der Waals surface area contributed by atoms with E-state index < -0.39 is 0 Å². The zero-order valence-corrected chi connectivity index (χ0v) is 15.5. The third-order valence-corrected chi connectivity index (χ3v) is 6.23. The molecule has 2 aromatic heterocycles. The average molecular weight is 353 g/mol. The summed E-state index contributed by atoms with van der Waals surface area (Å²) in [7, 11) is 0. The Bertz CT molecular complexity index is 962. The van der Waals surface area contributed by atoms with Crippen LogP contribution in [0.15, 0.2) is 24.3 Å². The number of nitrogen functional groups attached to an aromatic ring is 1. The average Bonchev–Trinajstić information content (AvgIpc) is 2.94. The molecule has 1 fully saturated rings. The van der Waals surface area contributed by atoms with E-state index in [-0.39, 0.29) is 5.91 Å². The lowest BCUT2D eigenvalue weighted by Gasteiger charge is -2.30. The van der Waals surface area contributed by atoms with E-state index in [1.807, 2.05) is 4.90 Å². The summed E-state index contributed by atoms with van der Waals surface area (Å²) in [4.78, 5) is 21.1. The van der Waals surface area contributed by atoms with Crippen molar-refractivity contribution in [2.45, 2.75) is 33.1 Å². The zero-order chi connectivity index (χ0) is 17.6. The number of benzene rings is 1. The number of amides is 1. The number of aryl methyl sites for hydroxylation is 1. The number of likely N-dealkylation sites (tertiary alicyclic amines) is 1. The number of pyridine rings is 1. The first-order valence-corrected chi connectivity index (χ1v) is 9.79. The highest BCUT2D eigenvalue weighted by molar-refractivity contribution is 7.21. The molecule has 0 radical (unpaired) electrons. The molecule has 0 saturated carbocycles. The third kappa shape index (κ3) is 2.86. The van der Waals surface area contributed by atoms with E-state index >= 15 is 0 Å². The number of fused-ring (bicyclic) bond motifs is 2. The van der Waals surface area contributed by atoms with Gasteiger partial charge in [0, 0.05) is 23.9 Å². The summed E-state index contributed by atoms with van der Waals surface area (Å²) >= 11 is 1.42. The number of anilines is 1. The molecule has 4 rings (SSSR count). The molecule has 2 N–H and O–H groups in total. The second-order valence-electron chi connectivity index (χ2n) is 7.07. The smallest absolute Gasteiger partial charge is 0.266 e. The first kappa shape index (κ1) is 16.3. The quantitative estimate of drug-likeness (QED) is 0.739. The first-order chi connectivity index (χ1) is 12.1. The van der Waals surface area contributed by atoms with Crippen LogP contribution in [0, 0.1) is 5.92 Å². The number of hydrogen-bond donors (Lipinski definition) is 1. The maximum atomic E-state index is 13.0. The molecule has 4 nitrogen and oxygen atoms in total. The minimum absolute atomic E-state index is 0.0605. The van der Waals surface area contributed by atoms with E-state index in [2.05, 4.69) is 38.1 Å². The van der Waals surface area contributed by atoms with Gasteiger partial charge >= 0.3 is 0 Å². The van der Waals surface area contributed by atoms with Crippen LogP contribution in [0.5, 0.6) is 0 Å². The van der Waals surface area contributed by atoms with E-state index in [4.69, 9.17) is 10.7 Å². The number of rotatable bonds is 2. The molecule has 0 aliphatic carbocycles. The third-order valence-electron chi connectivity index (χ3n) is 5.12. The highest BCUT2D eigenvalue weighted by atomic mass is 32.1. The number of nitrogens with zero attached hydrogens (tertiary/aromatic N) is 2. The molecule has 3 aromatic rings. The molecule has 25 heavy (non-hydrogen) atoms. The van der Waals surface area contributed by atoms with Gasteiger partial charge < -0.3 is 10.6 Å². The topological polar surface area (TPSA) is 59.2 Å². The van der Waals surface area contributed by atoms with E-state index in [0.717, 1.165) is 47.1 Å². The second kappa shape index (κ2) is 6.30. The molecule has 5 heteroatoms. The van der Waals surface area contributed by atoms with Gasteiger partial charge in [-0.25, -0.2) is 4.98 Å². The number of aromatic nitrogens is 1. The standard InChI is InChI=1S/C20H23N3OS/c1-3-13-6-7-16-14(9-13)10-15-17(21)18(25-19(15)22-16)20(24)23-8-4-5-12(2)11-23/h6-7,9-10,12H,3-5,8,11,21H2,1-2H3. The molecule has 3 heterocycles. The number of carbonyl (C=O) groups excluding carboxylic acids is 1. The molecule has 1 unspecified atom stereocenters. The minimum atomic E-state index is 0.0605. The van der Waals surface area contributed by atoms with Crippen molar-refractivity contribution in [2.75, 3.05) is 18.8 Å². The lowest BCUT2D eigenvalue weighted by Crippen LogP contribution is -2.38. The highest BCUT2D eigenvalue weighted by Crippen LogP contribution is 2.36. The van der Waals surface area contributed by atoms with Crippen molar-refractivity contribution >= 4 is 44.1 Å². The van der Waals surface area contributed by atoms with E-state index in [1.165, 1.54) is 23.3 Å². The summed E-state index contributed by atoms with van der Waals surface area (Å²) in [6.45, 7) is 5.99. The summed E-state index contributed by atoms with van der Waals surface area (Å²) in [5, 5.41) is 1.99. The van der Waals surface area contributed by atoms with Crippen LogP contribution in [0.4, 0.5) is 5.69 Å². The van der Waals surface area contributed by atoms with Crippen molar-refractivity contribution in [1.82, 2.24) is 9.88 Å². The summed E-state index contributed by atoms with van der Waals surface area (Å²) < 4.78 is 0. The lowest BCUT2D eigenvalue weighted by atomic mass is 10.00. The van der Waals surface area contributed by atoms with Crippen molar-refractivity contribution in [3.63, 3.8) is 0 Å². The maximum Gasteiger partial charge on any atom is 0.266 e. The molecule has 1 atom stereocenters. The Morgan fingerprint density at radius 3 is 3.00 bits per heavy atom. The van der Waals surface area contributed by atoms with Gasteiger partial charge in [-0.2, -0.15) is 0 Å². The molecule has 1 saturated heterocycles. The monoisotopic (exact) mass is 353 g/mol. The van der Waals surface area contributed by atoms with Gasteiger partial charge in [-0.15, -0.1) is 11.3 Å². The number of nitrogens with two attached hydrogens (primary N) is 1. The van der Waals surface area contributed by atoms with Crippen LogP contribution in [0.25, 0.3) is 21.1 Å². The van der Waals surface area contributed by atoms with Crippen molar-refractivity contribution in [2.24, 2.45) is 5.92 Å². The summed E-state index contributed by atoms with van der Waals surface area (Å²) in [6.07, 6.45) is 3.25. The Morgan fingerprint density at radius 1 is 1.40 bits per heavy atom. The van der Waals surface area contributed by atoms with Gasteiger partial charge in [0.2, 0.25) is 0 Å². The fourth-order valence-corrected chi connectivity index (χ4v) is 4.70. The van der Waals surface area contributed by atoms with Gasteiger partial charge in [0.15, 0.2) is 0 Å². The number of thiophene rings is 1. The van der Waals surface area contributed by atoms with Crippen LogP contribution in [0.2, 0.25) is 0 Å². The lowest BCUT2D eigenvalue weighted by molar-refractivity contribution is 0.0689. The van der Waals surface area contributed by atoms with Crippen LogP contribution in [-0.2, 0) is 6.42 Å². The first-order valence-electron chi connectivity index (χ1n) is 8.97. The fourth-order valence-electron chi connectivity index (χ4n) is 3.65. The minimum Gasteiger partial charge on any atom is -0.397 e. The largest absolute Gasteiger partial charge is 0.397 e. The molecule has 130 valence electrons. The normalized spacial score (nSPS) is 18.2. The Hall–Kier alpha value is -2.14. The second-order valence-corrected chi connectivity index (χ2v) is 8.06. The van der Waals surface area contributed by atoms with Gasteiger partial charge in [-0.3, -0.25) is 4.79 Å². The highest BCUT2D eigenvalue weighted by Gasteiger charge is 2.26. The SMILES string of the molecule is CCc1ccc2nc3sc(C(=O)N4CCCC(C)C4)c(N)c3cc2c1. The van der Waals surface area contributed by atoms with E-state index in [9.17, 15) is 4.79 Å². The molecule has 1 amide bonds. The molecule has 1 aliphatic rings. The number of carbonyl (C=O) groups is 1. The van der Waals surface area contributed by atoms with Crippen LogP contribution in [0.3, 0.4) is 0 Å². The molecule has 1 aliphatic heterocycles. The number of piperidine rings is 1. The predicted molar refractivity (Wildman–Crippen MR) is 105 cm³/mol. The molecular formula is C20H23N3OS. The molecular weight excluding hydrogens is 330 g/mol. The molecule has 0 spiro atoms. The van der Waals surface area contributed by atoms with Gasteiger partial charge in [0.05, 0.1) is 11.2 Å². The Balaban J connectivity index is 1.78. The summed E-state index contributed by atoms with van der Waals surface area (Å²) in [5.74, 6) is 0.617. The Kier molecular flexibility index (Phi) is 4.12. The van der Waals surface area contributed by atoms with Crippen LogP contribution in [-0.4, -0.2) is 28.9 Å². The summed E-state index contributed by atoms with van der Waals surface area (Å²) in [5.41, 5.74) is 9.18. The van der Waals surface area contributed by atoms with Crippen molar-refractivity contribution in [3.8, 4) is 0 Å². The van der Waals surface area contributed by atoms with Gasteiger partial charge in [-0.05, 0) is 48.9 Å². The van der Waals surface area contributed by atoms with Crippen molar-refractivity contribution in [3.05, 3.63) is 34.7 Å². The van der Waals surface area contributed by atoms with Gasteiger partial charge in [0.25, 0.3) is 5.91 Å². The predicted octanol–water partition coefficient (Wildman–Crippen LogP) is 4.47. The number of hydrogen-bond acceptors (Lipinski definition) is 4. The molecule has 1 aromatic carbocycles.